The van der Waals surface area contributed by atoms with Gasteiger partial charge in [0.15, 0.2) is 17.2 Å². The molecule has 13 nitrogen and oxygen atoms in total. The van der Waals surface area contributed by atoms with E-state index in [1.54, 1.807) is 18.5 Å². The number of aromatic nitrogens is 6. The van der Waals surface area contributed by atoms with Crippen molar-refractivity contribution in [2.45, 2.75) is 19.5 Å². The molecule has 0 aliphatic carbocycles. The van der Waals surface area contributed by atoms with Gasteiger partial charge in [0.25, 0.3) is 0 Å². The number of nitrogen functional groups attached to an aromatic ring is 1. The number of fused-ring (bicyclic) bond motifs is 1. The van der Waals surface area contributed by atoms with Crippen molar-refractivity contribution in [3.05, 3.63) is 71.8 Å². The van der Waals surface area contributed by atoms with Crippen LogP contribution >= 0.6 is 0 Å². The lowest BCUT2D eigenvalue weighted by Gasteiger charge is -2.39. The second kappa shape index (κ2) is 10.0. The lowest BCUT2D eigenvalue weighted by molar-refractivity contribution is 0.0691. The first-order valence-corrected chi connectivity index (χ1v) is 12.7. The topological polar surface area (TPSA) is 178 Å². The molecule has 5 N–H and O–H groups in total. The number of nitrogens with zero attached hydrogens (tertiary/aromatic N) is 8. The average Bonchev–Trinajstić information content (AvgIpc) is 3.60. The normalized spacial score (nSPS) is 16.1. The molecule has 5 aromatic heterocycles. The highest BCUT2D eigenvalue weighted by molar-refractivity contribution is 5.92. The Balaban J connectivity index is 1.39. The van der Waals surface area contributed by atoms with Crippen molar-refractivity contribution in [1.82, 2.24) is 34.2 Å². The van der Waals surface area contributed by atoms with Crippen LogP contribution < -0.4 is 16.4 Å². The summed E-state index contributed by atoms with van der Waals surface area (Å²) in [5.74, 6) is 0.181. The number of pyridine rings is 2. The third-order valence-electron chi connectivity index (χ3n) is 7.12. The number of carbonyl (C=O) groups is 1. The molecular formula is C27H28N10O3. The number of likely N-dealkylation sites (N-methyl/N-ethyl adjacent to an activating group) is 1. The van der Waals surface area contributed by atoms with E-state index in [2.05, 4.69) is 34.7 Å². The molecule has 1 saturated heterocycles. The molecule has 13 heteroatoms. The molecule has 6 rings (SSSR count). The number of aromatic carboxylic acids is 1. The van der Waals surface area contributed by atoms with E-state index in [0.29, 0.717) is 24.4 Å². The average molecular weight is 541 g/mol. The lowest BCUT2D eigenvalue weighted by Crippen LogP contribution is -2.47. The Morgan fingerprint density at radius 2 is 1.95 bits per heavy atom. The molecule has 1 fully saturated rings. The monoisotopic (exact) mass is 540 g/mol. The number of imidazole rings is 1. The third kappa shape index (κ3) is 4.50. The fraction of sp³-hybridized carbons (Fsp3) is 0.259. The molecule has 0 aromatic carbocycles. The van der Waals surface area contributed by atoms with Gasteiger partial charge in [0.05, 0.1) is 17.9 Å². The maximum atomic E-state index is 11.9. The van der Waals surface area contributed by atoms with Gasteiger partial charge in [0, 0.05) is 49.8 Å². The first kappa shape index (κ1) is 25.4. The van der Waals surface area contributed by atoms with Crippen LogP contribution in [0.25, 0.3) is 28.5 Å². The number of oxazole rings is 1. The van der Waals surface area contributed by atoms with Crippen LogP contribution in [-0.4, -0.2) is 72.0 Å². The van der Waals surface area contributed by atoms with Crippen LogP contribution in [0.15, 0.2) is 53.3 Å². The third-order valence-corrected chi connectivity index (χ3v) is 7.12. The van der Waals surface area contributed by atoms with Crippen LogP contribution in [0.3, 0.4) is 0 Å². The van der Waals surface area contributed by atoms with Crippen LogP contribution in [0.1, 0.15) is 33.7 Å². The van der Waals surface area contributed by atoms with Crippen molar-refractivity contribution < 1.29 is 14.3 Å². The van der Waals surface area contributed by atoms with Crippen molar-refractivity contribution in [3.63, 3.8) is 0 Å². The molecule has 0 saturated carbocycles. The van der Waals surface area contributed by atoms with Gasteiger partial charge in [-0.25, -0.2) is 29.7 Å². The van der Waals surface area contributed by atoms with Gasteiger partial charge in [-0.05, 0) is 38.2 Å². The predicted octanol–water partition coefficient (Wildman–Crippen LogP) is 2.38. The maximum Gasteiger partial charge on any atom is 0.358 e. The zero-order chi connectivity index (χ0) is 28.0. The number of hydrogen-bond acceptors (Lipinski definition) is 11. The molecule has 1 aliphatic rings. The van der Waals surface area contributed by atoms with E-state index >= 15 is 0 Å². The standard InChI is InChI=1S/C27H28N10O3/c1-15-11-30-20-7-6-16(13-37(15)20)22-23(34-25(29)24(33-22)27(38)39)26-31-12-19(40-26)18-14-36(9-8-35(18)2)21-5-3-4-17(10-28)32-21/h3-7,11-13,18H,8-10,14,28H2,1-2H3,(H2,29,34)(H,38,39). The van der Waals surface area contributed by atoms with Gasteiger partial charge in [0.2, 0.25) is 5.89 Å². The van der Waals surface area contributed by atoms with Gasteiger partial charge in [-0.2, -0.15) is 0 Å². The predicted molar refractivity (Wildman–Crippen MR) is 148 cm³/mol. The summed E-state index contributed by atoms with van der Waals surface area (Å²) in [7, 11) is 2.03. The zero-order valence-electron chi connectivity index (χ0n) is 22.0. The Hall–Kier alpha value is -4.88. The summed E-state index contributed by atoms with van der Waals surface area (Å²) in [4.78, 5) is 38.6. The Morgan fingerprint density at radius 3 is 2.75 bits per heavy atom. The van der Waals surface area contributed by atoms with Crippen molar-refractivity contribution >= 4 is 23.3 Å². The van der Waals surface area contributed by atoms with E-state index in [4.69, 9.17) is 15.9 Å². The van der Waals surface area contributed by atoms with E-state index in [-0.39, 0.29) is 34.8 Å². The minimum absolute atomic E-state index is 0.115. The fourth-order valence-corrected chi connectivity index (χ4v) is 4.89. The second-order valence-electron chi connectivity index (χ2n) is 9.71. The largest absolute Gasteiger partial charge is 0.476 e. The maximum absolute atomic E-state index is 11.9. The van der Waals surface area contributed by atoms with E-state index < -0.39 is 5.97 Å². The quantitative estimate of drug-likeness (QED) is 0.287. The van der Waals surface area contributed by atoms with E-state index in [1.165, 1.54) is 0 Å². The number of rotatable bonds is 6. The molecule has 6 heterocycles. The van der Waals surface area contributed by atoms with Crippen molar-refractivity contribution in [1.29, 1.82) is 0 Å². The summed E-state index contributed by atoms with van der Waals surface area (Å²) in [5.41, 5.74) is 15.1. The highest BCUT2D eigenvalue weighted by Gasteiger charge is 2.31. The molecular weight excluding hydrogens is 512 g/mol. The Bertz CT molecular complexity index is 1730. The minimum atomic E-state index is -1.28. The molecule has 5 aromatic rings. The number of carboxylic acids is 1. The van der Waals surface area contributed by atoms with E-state index in [0.717, 1.165) is 35.9 Å². The molecule has 0 amide bonds. The molecule has 1 aliphatic heterocycles. The Labute approximate surface area is 229 Å². The van der Waals surface area contributed by atoms with Gasteiger partial charge in [-0.3, -0.25) is 4.90 Å². The number of aryl methyl sites for hydroxylation is 1. The number of anilines is 2. The first-order chi connectivity index (χ1) is 19.3. The molecule has 0 radical (unpaired) electrons. The zero-order valence-corrected chi connectivity index (χ0v) is 22.0. The van der Waals surface area contributed by atoms with Crippen molar-refractivity contribution in [2.75, 3.05) is 37.3 Å². The summed E-state index contributed by atoms with van der Waals surface area (Å²) in [6, 6.07) is 9.35. The number of hydrogen-bond donors (Lipinski definition) is 3. The van der Waals surface area contributed by atoms with Crippen molar-refractivity contribution in [3.8, 4) is 22.8 Å². The number of carboxylic acid groups (broad SMARTS) is 1. The van der Waals surface area contributed by atoms with E-state index in [1.807, 2.05) is 48.8 Å². The molecule has 0 bridgehead atoms. The molecule has 40 heavy (non-hydrogen) atoms. The summed E-state index contributed by atoms with van der Waals surface area (Å²) < 4.78 is 8.16. The van der Waals surface area contributed by atoms with Gasteiger partial charge in [0.1, 0.15) is 22.9 Å². The molecule has 0 spiro atoms. The summed E-state index contributed by atoms with van der Waals surface area (Å²) in [5, 5.41) is 9.68. The summed E-state index contributed by atoms with van der Waals surface area (Å²) in [6.45, 7) is 4.51. The minimum Gasteiger partial charge on any atom is -0.476 e. The SMILES string of the molecule is Cc1cnc2ccc(-c3nc(C(=O)O)c(N)nc3-c3ncc(C4CN(c5cccc(CN)n5)CCN4C)o3)cn12. The van der Waals surface area contributed by atoms with Crippen LogP contribution in [0.2, 0.25) is 0 Å². The lowest BCUT2D eigenvalue weighted by atomic mass is 10.1. The number of nitrogens with two attached hydrogens (primary N) is 2. The summed E-state index contributed by atoms with van der Waals surface area (Å²) in [6.07, 6.45) is 5.25. The van der Waals surface area contributed by atoms with Gasteiger partial charge < -0.3 is 30.3 Å². The van der Waals surface area contributed by atoms with Gasteiger partial charge in [-0.1, -0.05) is 6.07 Å². The molecule has 204 valence electrons. The van der Waals surface area contributed by atoms with Gasteiger partial charge in [-0.15, -0.1) is 0 Å². The van der Waals surface area contributed by atoms with Crippen LogP contribution in [0.4, 0.5) is 11.6 Å². The van der Waals surface area contributed by atoms with Gasteiger partial charge >= 0.3 is 5.97 Å². The smallest absolute Gasteiger partial charge is 0.358 e. The Morgan fingerprint density at radius 1 is 1.10 bits per heavy atom. The molecule has 1 unspecified atom stereocenters. The fourth-order valence-electron chi connectivity index (χ4n) is 4.89. The highest BCUT2D eigenvalue weighted by atomic mass is 16.4. The highest BCUT2D eigenvalue weighted by Crippen LogP contribution is 2.34. The van der Waals surface area contributed by atoms with E-state index in [9.17, 15) is 9.90 Å². The van der Waals surface area contributed by atoms with Crippen LogP contribution in [-0.2, 0) is 6.54 Å². The second-order valence-corrected chi connectivity index (χ2v) is 9.71. The molecule has 1 atom stereocenters. The van der Waals surface area contributed by atoms with Crippen LogP contribution in [0, 0.1) is 6.92 Å². The number of piperazine rings is 1. The first-order valence-electron chi connectivity index (χ1n) is 12.7. The Kier molecular flexibility index (Phi) is 6.36. The van der Waals surface area contributed by atoms with Crippen molar-refractivity contribution in [2.24, 2.45) is 5.73 Å². The summed E-state index contributed by atoms with van der Waals surface area (Å²) >= 11 is 0. The van der Waals surface area contributed by atoms with Crippen LogP contribution in [0.5, 0.6) is 0 Å².